The largest absolute Gasteiger partial charge is 0.464 e. The lowest BCUT2D eigenvalue weighted by molar-refractivity contribution is -0.150. The quantitative estimate of drug-likeness (QED) is 0.761. The first kappa shape index (κ1) is 17.8. The van der Waals surface area contributed by atoms with Crippen LogP contribution in [0.5, 0.6) is 0 Å². The van der Waals surface area contributed by atoms with Crippen molar-refractivity contribution in [1.82, 2.24) is 5.32 Å². The first-order valence-corrected chi connectivity index (χ1v) is 7.56. The Morgan fingerprint density at radius 1 is 1.33 bits per heavy atom. The molecule has 0 spiro atoms. The van der Waals surface area contributed by atoms with Crippen molar-refractivity contribution in [2.75, 3.05) is 19.7 Å². The average Bonchev–Trinajstić information content (AvgIpc) is 2.95. The fourth-order valence-electron chi connectivity index (χ4n) is 2.19. The van der Waals surface area contributed by atoms with E-state index in [0.29, 0.717) is 12.3 Å². The molecular formula is C16H18F2N2O4. The van der Waals surface area contributed by atoms with Crippen molar-refractivity contribution in [3.05, 3.63) is 35.4 Å². The Labute approximate surface area is 137 Å². The Morgan fingerprint density at radius 3 is 2.71 bits per heavy atom. The molecule has 8 heteroatoms. The van der Waals surface area contributed by atoms with E-state index in [1.165, 1.54) is 0 Å². The Balaban J connectivity index is 1.71. The molecule has 1 atom stereocenters. The molecule has 1 aliphatic heterocycles. The van der Waals surface area contributed by atoms with Crippen LogP contribution in [0.15, 0.2) is 23.2 Å². The molecule has 0 fully saturated rings. The summed E-state index contributed by atoms with van der Waals surface area (Å²) < 4.78 is 36.3. The molecule has 1 amide bonds. The van der Waals surface area contributed by atoms with E-state index < -0.39 is 23.7 Å². The van der Waals surface area contributed by atoms with E-state index in [1.54, 1.807) is 6.92 Å². The molecule has 130 valence electrons. The van der Waals surface area contributed by atoms with Crippen molar-refractivity contribution >= 4 is 17.8 Å². The monoisotopic (exact) mass is 340 g/mol. The van der Waals surface area contributed by atoms with Crippen LogP contribution < -0.4 is 5.32 Å². The van der Waals surface area contributed by atoms with Gasteiger partial charge in [-0.15, -0.1) is 0 Å². The van der Waals surface area contributed by atoms with Crippen LogP contribution in [0.25, 0.3) is 0 Å². The van der Waals surface area contributed by atoms with Gasteiger partial charge in [-0.05, 0) is 24.6 Å². The van der Waals surface area contributed by atoms with Gasteiger partial charge in [-0.1, -0.05) is 0 Å². The van der Waals surface area contributed by atoms with Crippen LogP contribution in [0.2, 0.25) is 0 Å². The van der Waals surface area contributed by atoms with Gasteiger partial charge in [-0.2, -0.15) is 0 Å². The molecule has 0 saturated carbocycles. The third kappa shape index (κ3) is 5.29. The van der Waals surface area contributed by atoms with Gasteiger partial charge in [0.15, 0.2) is 5.90 Å². The lowest BCUT2D eigenvalue weighted by Gasteiger charge is -2.10. The predicted molar refractivity (Wildman–Crippen MR) is 81.5 cm³/mol. The number of amides is 1. The minimum Gasteiger partial charge on any atom is -0.464 e. The molecule has 1 heterocycles. The smallest absolute Gasteiger partial charge is 0.349 e. The summed E-state index contributed by atoms with van der Waals surface area (Å²) in [7, 11) is 0. The number of aliphatic imine (C=N–C) groups is 1. The number of ether oxygens (including phenoxy) is 2. The molecule has 0 saturated heterocycles. The van der Waals surface area contributed by atoms with E-state index in [0.717, 1.165) is 18.2 Å². The molecule has 0 bridgehead atoms. The summed E-state index contributed by atoms with van der Waals surface area (Å²) in [5.41, 5.74) is 0.252. The van der Waals surface area contributed by atoms with Gasteiger partial charge in [0, 0.05) is 19.0 Å². The molecule has 24 heavy (non-hydrogen) atoms. The molecule has 0 unspecified atom stereocenters. The Bertz CT molecular complexity index is 629. The van der Waals surface area contributed by atoms with Crippen molar-refractivity contribution < 1.29 is 27.8 Å². The number of hydrogen-bond acceptors (Lipinski definition) is 5. The summed E-state index contributed by atoms with van der Waals surface area (Å²) in [6.45, 7) is 2.41. The van der Waals surface area contributed by atoms with E-state index in [2.05, 4.69) is 10.3 Å². The van der Waals surface area contributed by atoms with Gasteiger partial charge < -0.3 is 14.8 Å². The molecule has 1 aromatic rings. The van der Waals surface area contributed by atoms with E-state index in [9.17, 15) is 18.4 Å². The summed E-state index contributed by atoms with van der Waals surface area (Å²) in [6.07, 6.45) is -0.544. The van der Waals surface area contributed by atoms with Gasteiger partial charge in [0.25, 0.3) is 0 Å². The molecule has 6 nitrogen and oxygen atoms in total. The molecule has 1 aromatic carbocycles. The van der Waals surface area contributed by atoms with Crippen molar-refractivity contribution in [1.29, 1.82) is 0 Å². The van der Waals surface area contributed by atoms with Gasteiger partial charge in [0.1, 0.15) is 11.6 Å². The van der Waals surface area contributed by atoms with Crippen LogP contribution in [-0.4, -0.2) is 43.6 Å². The van der Waals surface area contributed by atoms with E-state index >= 15 is 0 Å². The number of hydrogen-bond donors (Lipinski definition) is 1. The van der Waals surface area contributed by atoms with Gasteiger partial charge in [-0.3, -0.25) is 9.79 Å². The highest BCUT2D eigenvalue weighted by Crippen LogP contribution is 2.10. The van der Waals surface area contributed by atoms with Crippen molar-refractivity contribution in [3.63, 3.8) is 0 Å². The summed E-state index contributed by atoms with van der Waals surface area (Å²) in [4.78, 5) is 27.3. The maximum Gasteiger partial charge on any atom is 0.349 e. The fraction of sp³-hybridized carbons (Fsp3) is 0.438. The lowest BCUT2D eigenvalue weighted by atomic mass is 10.1. The van der Waals surface area contributed by atoms with E-state index in [-0.39, 0.29) is 37.6 Å². The molecule has 1 aliphatic rings. The van der Waals surface area contributed by atoms with Crippen LogP contribution in [0.4, 0.5) is 8.78 Å². The van der Waals surface area contributed by atoms with Gasteiger partial charge in [0.2, 0.25) is 12.0 Å². The zero-order valence-corrected chi connectivity index (χ0v) is 13.2. The number of halogens is 2. The number of carbonyl (C=O) groups excluding carboxylic acids is 2. The van der Waals surface area contributed by atoms with Crippen molar-refractivity contribution in [3.8, 4) is 0 Å². The lowest BCUT2D eigenvalue weighted by Crippen LogP contribution is -2.29. The highest BCUT2D eigenvalue weighted by Gasteiger charge is 2.27. The molecular weight excluding hydrogens is 322 g/mol. The number of rotatable bonds is 7. The van der Waals surface area contributed by atoms with Crippen LogP contribution in [0, 0.1) is 11.6 Å². The van der Waals surface area contributed by atoms with Gasteiger partial charge >= 0.3 is 5.97 Å². The first-order valence-electron chi connectivity index (χ1n) is 7.56. The van der Waals surface area contributed by atoms with Crippen LogP contribution in [0.3, 0.4) is 0 Å². The number of benzene rings is 1. The average molecular weight is 340 g/mol. The summed E-state index contributed by atoms with van der Waals surface area (Å²) in [5.74, 6) is -1.92. The third-order valence-corrected chi connectivity index (χ3v) is 3.21. The summed E-state index contributed by atoms with van der Waals surface area (Å²) in [5, 5.41) is 2.61. The second kappa shape index (κ2) is 8.37. The third-order valence-electron chi connectivity index (χ3n) is 3.21. The maximum absolute atomic E-state index is 13.0. The molecule has 0 aromatic heterocycles. The van der Waals surface area contributed by atoms with Gasteiger partial charge in [0.05, 0.1) is 19.6 Å². The standard InChI is InChI=1S/C16H18F2N2O4/c1-2-23-16(22)13-9-20-15(24-13)3-4-19-14(21)7-10-5-11(17)8-12(18)6-10/h5-6,8,13H,2-4,7,9H2,1H3,(H,19,21)/t13-/m0/s1. The van der Waals surface area contributed by atoms with Crippen molar-refractivity contribution in [2.24, 2.45) is 4.99 Å². The van der Waals surface area contributed by atoms with Crippen LogP contribution >= 0.6 is 0 Å². The fourth-order valence-corrected chi connectivity index (χ4v) is 2.19. The van der Waals surface area contributed by atoms with Crippen molar-refractivity contribution in [2.45, 2.75) is 25.9 Å². The second-order valence-corrected chi connectivity index (χ2v) is 5.15. The van der Waals surface area contributed by atoms with E-state index in [1.807, 2.05) is 0 Å². The first-order chi connectivity index (χ1) is 11.5. The topological polar surface area (TPSA) is 77.0 Å². The predicted octanol–water partition coefficient (Wildman–Crippen LogP) is 1.37. The normalized spacial score (nSPS) is 16.3. The second-order valence-electron chi connectivity index (χ2n) is 5.15. The van der Waals surface area contributed by atoms with Gasteiger partial charge in [-0.25, -0.2) is 13.6 Å². The maximum atomic E-state index is 13.0. The zero-order valence-electron chi connectivity index (χ0n) is 13.2. The molecule has 2 rings (SSSR count). The Hall–Kier alpha value is -2.51. The zero-order chi connectivity index (χ0) is 17.5. The summed E-state index contributed by atoms with van der Waals surface area (Å²) >= 11 is 0. The minimum absolute atomic E-state index is 0.131. The Morgan fingerprint density at radius 2 is 2.04 bits per heavy atom. The number of nitrogens with zero attached hydrogens (tertiary/aromatic N) is 1. The SMILES string of the molecule is CCOC(=O)[C@@H]1CN=C(CCNC(=O)Cc2cc(F)cc(F)c2)O1. The summed E-state index contributed by atoms with van der Waals surface area (Å²) in [6, 6.07) is 2.96. The molecule has 1 N–H and O–H groups in total. The minimum atomic E-state index is -0.731. The highest BCUT2D eigenvalue weighted by molar-refractivity contribution is 5.85. The number of carbonyl (C=O) groups is 2. The van der Waals surface area contributed by atoms with E-state index in [4.69, 9.17) is 9.47 Å². The Kier molecular flexibility index (Phi) is 6.22. The number of esters is 1. The molecule has 0 aliphatic carbocycles. The highest BCUT2D eigenvalue weighted by atomic mass is 19.1. The molecule has 0 radical (unpaired) electrons. The van der Waals surface area contributed by atoms with Crippen LogP contribution in [-0.2, 0) is 25.5 Å². The number of nitrogens with one attached hydrogen (secondary N) is 1. The van der Waals surface area contributed by atoms with Crippen LogP contribution in [0.1, 0.15) is 18.9 Å².